The van der Waals surface area contributed by atoms with Crippen molar-refractivity contribution in [3.8, 4) is 6.01 Å². The smallest absolute Gasteiger partial charge is 0.421 e. The average Bonchev–Trinajstić information content (AvgIpc) is 2.95. The quantitative estimate of drug-likeness (QED) is 0.487. The van der Waals surface area contributed by atoms with Crippen LogP contribution in [0.5, 0.6) is 0 Å². The van der Waals surface area contributed by atoms with Crippen molar-refractivity contribution in [1.82, 2.24) is 19.7 Å². The highest BCUT2D eigenvalue weighted by atomic mass is 16.6. The highest BCUT2D eigenvalue weighted by molar-refractivity contribution is 5.73. The van der Waals surface area contributed by atoms with Crippen molar-refractivity contribution in [2.75, 3.05) is 0 Å². The normalized spacial score (nSPS) is 10.8. The van der Waals surface area contributed by atoms with Crippen molar-refractivity contribution in [2.24, 2.45) is 0 Å². The van der Waals surface area contributed by atoms with Crippen molar-refractivity contribution in [3.05, 3.63) is 40.7 Å². The van der Waals surface area contributed by atoms with E-state index in [0.717, 1.165) is 4.68 Å². The van der Waals surface area contributed by atoms with Crippen LogP contribution in [0, 0.1) is 10.1 Å². The van der Waals surface area contributed by atoms with E-state index in [9.17, 15) is 10.1 Å². The number of aromatic nitrogens is 4. The minimum Gasteiger partial charge on any atom is -0.421 e. The minimum atomic E-state index is -0.681. The van der Waals surface area contributed by atoms with E-state index in [4.69, 9.17) is 4.42 Å². The predicted molar refractivity (Wildman–Crippen MR) is 55.6 cm³/mol. The second-order valence-corrected chi connectivity index (χ2v) is 3.21. The predicted octanol–water partition coefficient (Wildman–Crippen LogP) is 1.32. The molecule has 2 heterocycles. The fraction of sp³-hybridized carbons (Fsp3) is 0. The molecular formula is C9H5N5O3. The van der Waals surface area contributed by atoms with Crippen LogP contribution in [0.4, 0.5) is 5.95 Å². The van der Waals surface area contributed by atoms with Crippen LogP contribution in [-0.4, -0.2) is 24.7 Å². The Hall–Kier alpha value is -2.77. The molecule has 0 aliphatic carbocycles. The van der Waals surface area contributed by atoms with Crippen LogP contribution < -0.4 is 0 Å². The lowest BCUT2D eigenvalue weighted by atomic mass is 10.3. The third kappa shape index (κ3) is 1.51. The molecule has 0 fully saturated rings. The molecule has 3 aromatic rings. The van der Waals surface area contributed by atoms with Crippen molar-refractivity contribution in [1.29, 1.82) is 0 Å². The number of hydrogen-bond acceptors (Lipinski definition) is 6. The monoisotopic (exact) mass is 231 g/mol. The molecule has 17 heavy (non-hydrogen) atoms. The number of oxazole rings is 1. The van der Waals surface area contributed by atoms with Crippen molar-refractivity contribution in [3.63, 3.8) is 0 Å². The van der Waals surface area contributed by atoms with Crippen LogP contribution in [0.3, 0.4) is 0 Å². The van der Waals surface area contributed by atoms with E-state index in [-0.39, 0.29) is 6.01 Å². The molecule has 0 unspecified atom stereocenters. The summed E-state index contributed by atoms with van der Waals surface area (Å²) in [6.45, 7) is 0. The van der Waals surface area contributed by atoms with Gasteiger partial charge in [0.25, 0.3) is 0 Å². The average molecular weight is 231 g/mol. The largest absolute Gasteiger partial charge is 0.491 e. The van der Waals surface area contributed by atoms with E-state index < -0.39 is 10.9 Å². The van der Waals surface area contributed by atoms with Gasteiger partial charge in [-0.1, -0.05) is 21.8 Å². The maximum Gasteiger partial charge on any atom is 0.491 e. The van der Waals surface area contributed by atoms with Crippen molar-refractivity contribution in [2.45, 2.75) is 0 Å². The first-order valence-corrected chi connectivity index (χ1v) is 4.66. The summed E-state index contributed by atoms with van der Waals surface area (Å²) in [6, 6.07) is 7.29. The van der Waals surface area contributed by atoms with E-state index in [1.165, 1.54) is 6.33 Å². The molecule has 0 amide bonds. The number of nitrogens with zero attached hydrogens (tertiary/aromatic N) is 5. The molecule has 1 aromatic carbocycles. The van der Waals surface area contributed by atoms with Crippen LogP contribution in [0.15, 0.2) is 35.0 Å². The van der Waals surface area contributed by atoms with E-state index in [2.05, 4.69) is 15.1 Å². The first-order valence-electron chi connectivity index (χ1n) is 4.66. The topological polar surface area (TPSA) is 99.9 Å². The Bertz CT molecular complexity index is 668. The first kappa shape index (κ1) is 9.46. The Morgan fingerprint density at radius 2 is 2.18 bits per heavy atom. The summed E-state index contributed by atoms with van der Waals surface area (Å²) in [4.78, 5) is 17.4. The summed E-state index contributed by atoms with van der Waals surface area (Å²) >= 11 is 0. The van der Waals surface area contributed by atoms with Crippen LogP contribution in [0.25, 0.3) is 17.1 Å². The zero-order valence-electron chi connectivity index (χ0n) is 8.35. The molecule has 3 rings (SSSR count). The summed E-state index contributed by atoms with van der Waals surface area (Å²) < 4.78 is 6.50. The Morgan fingerprint density at radius 1 is 1.35 bits per heavy atom. The van der Waals surface area contributed by atoms with Crippen LogP contribution >= 0.6 is 0 Å². The summed E-state index contributed by atoms with van der Waals surface area (Å²) in [5, 5.41) is 14.1. The number of rotatable bonds is 2. The summed E-state index contributed by atoms with van der Waals surface area (Å²) in [5.41, 5.74) is 1.24. The maximum atomic E-state index is 10.4. The van der Waals surface area contributed by atoms with Crippen LogP contribution in [0.2, 0.25) is 0 Å². The minimum absolute atomic E-state index is 0.145. The highest BCUT2D eigenvalue weighted by Crippen LogP contribution is 2.17. The lowest BCUT2D eigenvalue weighted by molar-refractivity contribution is -0.394. The van der Waals surface area contributed by atoms with Crippen LogP contribution in [0.1, 0.15) is 0 Å². The Balaban J connectivity index is 2.10. The van der Waals surface area contributed by atoms with Gasteiger partial charge in [0.2, 0.25) is 6.33 Å². The van der Waals surface area contributed by atoms with Crippen LogP contribution in [-0.2, 0) is 0 Å². The molecule has 84 valence electrons. The zero-order valence-corrected chi connectivity index (χ0v) is 8.35. The molecule has 0 spiro atoms. The lowest BCUT2D eigenvalue weighted by Gasteiger charge is -1.85. The number of benzene rings is 1. The Labute approximate surface area is 93.7 Å². The number of para-hydroxylation sites is 2. The summed E-state index contributed by atoms with van der Waals surface area (Å²) in [7, 11) is 0. The fourth-order valence-electron chi connectivity index (χ4n) is 1.39. The van der Waals surface area contributed by atoms with Gasteiger partial charge < -0.3 is 14.5 Å². The fourth-order valence-corrected chi connectivity index (χ4v) is 1.39. The molecule has 0 bridgehead atoms. The molecule has 2 aromatic heterocycles. The molecule has 0 aliphatic rings. The number of nitro groups is 1. The molecular weight excluding hydrogens is 226 g/mol. The molecule has 8 nitrogen and oxygen atoms in total. The highest BCUT2D eigenvalue weighted by Gasteiger charge is 2.17. The van der Waals surface area contributed by atoms with Gasteiger partial charge in [0, 0.05) is 5.10 Å². The Kier molecular flexibility index (Phi) is 1.87. The lowest BCUT2D eigenvalue weighted by Crippen LogP contribution is -1.96. The van der Waals surface area contributed by atoms with E-state index >= 15 is 0 Å². The van der Waals surface area contributed by atoms with Gasteiger partial charge in [-0.3, -0.25) is 0 Å². The first-order chi connectivity index (χ1) is 8.24. The van der Waals surface area contributed by atoms with Crippen molar-refractivity contribution < 1.29 is 9.34 Å². The van der Waals surface area contributed by atoms with E-state index in [0.29, 0.717) is 11.1 Å². The van der Waals surface area contributed by atoms with Crippen molar-refractivity contribution >= 4 is 17.0 Å². The zero-order chi connectivity index (χ0) is 11.8. The molecule has 0 saturated heterocycles. The van der Waals surface area contributed by atoms with Gasteiger partial charge in [-0.05, 0) is 17.1 Å². The molecule has 0 aliphatic heterocycles. The van der Waals surface area contributed by atoms with Gasteiger partial charge in [-0.2, -0.15) is 4.98 Å². The molecule has 0 radical (unpaired) electrons. The summed E-state index contributed by atoms with van der Waals surface area (Å²) in [5.74, 6) is -0.493. The van der Waals surface area contributed by atoms with E-state index in [1.807, 2.05) is 6.07 Å². The van der Waals surface area contributed by atoms with Gasteiger partial charge >= 0.3 is 12.0 Å². The molecule has 8 heteroatoms. The molecule has 0 saturated carbocycles. The van der Waals surface area contributed by atoms with Gasteiger partial charge in [0.15, 0.2) is 5.58 Å². The summed E-state index contributed by atoms with van der Waals surface area (Å²) in [6.07, 6.45) is 1.18. The van der Waals surface area contributed by atoms with E-state index in [1.54, 1.807) is 18.2 Å². The Morgan fingerprint density at radius 3 is 2.88 bits per heavy atom. The third-order valence-corrected chi connectivity index (χ3v) is 2.12. The number of hydrogen-bond donors (Lipinski definition) is 0. The maximum absolute atomic E-state index is 10.4. The van der Waals surface area contributed by atoms with Gasteiger partial charge in [0.1, 0.15) is 5.52 Å². The molecule has 0 N–H and O–H groups in total. The van der Waals surface area contributed by atoms with Gasteiger partial charge in [-0.15, -0.1) is 0 Å². The number of fused-ring (bicyclic) bond motifs is 1. The third-order valence-electron chi connectivity index (χ3n) is 2.12. The van der Waals surface area contributed by atoms with Gasteiger partial charge in [-0.25, -0.2) is 0 Å². The second kappa shape index (κ2) is 3.37. The second-order valence-electron chi connectivity index (χ2n) is 3.21. The molecule has 0 atom stereocenters. The van der Waals surface area contributed by atoms with Gasteiger partial charge in [0.05, 0.1) is 0 Å². The SMILES string of the molecule is O=[N+]([O-])c1ncn(-c2nc3ccccc3o2)n1. The standard InChI is InChI=1S/C9H5N5O3/c15-14(16)8-10-5-13(12-8)9-11-6-3-1-2-4-7(6)17-9/h1-5H.